The van der Waals surface area contributed by atoms with Gasteiger partial charge in [0.25, 0.3) is 5.56 Å². The van der Waals surface area contributed by atoms with Gasteiger partial charge in [0.2, 0.25) is 5.88 Å². The number of benzene rings is 1. The molecule has 6 heteroatoms. The minimum atomic E-state index is -0.666. The van der Waals surface area contributed by atoms with Gasteiger partial charge in [-0.15, -0.1) is 0 Å². The third-order valence-corrected chi connectivity index (χ3v) is 1.88. The maximum Gasteiger partial charge on any atom is 0.254 e. The topological polar surface area (TPSA) is 86.2 Å². The Morgan fingerprint density at radius 3 is 2.56 bits per heavy atom. The molecule has 0 atom stereocenters. The number of nitrogens with one attached hydrogen (secondary N) is 1. The normalized spacial score (nSPS) is 10.3. The maximum absolute atomic E-state index is 13.0. The molecule has 0 saturated heterocycles. The summed E-state index contributed by atoms with van der Waals surface area (Å²) in [5, 5.41) is 18.3. The number of hydrogen-bond acceptors (Lipinski definition) is 4. The molecular formula is C10H7FN2O3. The lowest BCUT2D eigenvalue weighted by molar-refractivity contribution is 0.451. The summed E-state index contributed by atoms with van der Waals surface area (Å²) in [5.41, 5.74) is -0.392. The fraction of sp³-hybridized carbons (Fsp3) is 0. The summed E-state index contributed by atoms with van der Waals surface area (Å²) >= 11 is 0. The van der Waals surface area contributed by atoms with Crippen LogP contribution >= 0.6 is 0 Å². The van der Waals surface area contributed by atoms with Crippen LogP contribution in [0.1, 0.15) is 0 Å². The zero-order chi connectivity index (χ0) is 11.7. The average Bonchev–Trinajstić information content (AvgIpc) is 2.14. The highest BCUT2D eigenvalue weighted by atomic mass is 19.1. The van der Waals surface area contributed by atoms with Crippen molar-refractivity contribution in [3.8, 4) is 23.0 Å². The summed E-state index contributed by atoms with van der Waals surface area (Å²) in [5.74, 6) is -1.44. The van der Waals surface area contributed by atoms with Crippen LogP contribution in [-0.2, 0) is 0 Å². The largest absolute Gasteiger partial charge is 0.508 e. The van der Waals surface area contributed by atoms with Gasteiger partial charge in [0.1, 0.15) is 17.4 Å². The van der Waals surface area contributed by atoms with Gasteiger partial charge >= 0.3 is 0 Å². The first-order valence-corrected chi connectivity index (χ1v) is 4.35. The van der Waals surface area contributed by atoms with Gasteiger partial charge in [-0.3, -0.25) is 4.79 Å². The SMILES string of the molecule is O=c1cc(O)nc(-c2cc(O)cc(F)c2)[nH]1. The molecule has 5 nitrogen and oxygen atoms in total. The van der Waals surface area contributed by atoms with Crippen LogP contribution < -0.4 is 5.56 Å². The van der Waals surface area contributed by atoms with Crippen molar-refractivity contribution >= 4 is 0 Å². The predicted octanol–water partition coefficient (Wildman–Crippen LogP) is 0.987. The number of aromatic hydroxyl groups is 2. The number of phenols is 1. The van der Waals surface area contributed by atoms with Crippen molar-refractivity contribution in [3.63, 3.8) is 0 Å². The summed E-state index contributed by atoms with van der Waals surface area (Å²) in [7, 11) is 0. The smallest absolute Gasteiger partial charge is 0.254 e. The van der Waals surface area contributed by atoms with Crippen molar-refractivity contribution in [2.75, 3.05) is 0 Å². The molecular weight excluding hydrogens is 215 g/mol. The Bertz CT molecular complexity index is 575. The highest BCUT2D eigenvalue weighted by Gasteiger charge is 2.06. The molecule has 1 aromatic carbocycles. The Hall–Kier alpha value is -2.37. The quantitative estimate of drug-likeness (QED) is 0.671. The average molecular weight is 222 g/mol. The van der Waals surface area contributed by atoms with Crippen LogP contribution in [0.25, 0.3) is 11.4 Å². The number of phenolic OH excluding ortho intramolecular Hbond substituents is 1. The molecule has 0 unspecified atom stereocenters. The third kappa shape index (κ3) is 2.00. The predicted molar refractivity (Wildman–Crippen MR) is 53.6 cm³/mol. The van der Waals surface area contributed by atoms with Crippen LogP contribution in [0, 0.1) is 5.82 Å². The van der Waals surface area contributed by atoms with E-state index < -0.39 is 17.3 Å². The van der Waals surface area contributed by atoms with E-state index in [-0.39, 0.29) is 17.1 Å². The van der Waals surface area contributed by atoms with Crippen LogP contribution in [0.5, 0.6) is 11.6 Å². The first-order chi connectivity index (χ1) is 7.54. The fourth-order valence-electron chi connectivity index (χ4n) is 1.29. The van der Waals surface area contributed by atoms with E-state index in [1.807, 2.05) is 0 Å². The van der Waals surface area contributed by atoms with Crippen molar-refractivity contribution in [2.45, 2.75) is 0 Å². The summed E-state index contributed by atoms with van der Waals surface area (Å²) in [6.07, 6.45) is 0. The minimum absolute atomic E-state index is 0.0141. The van der Waals surface area contributed by atoms with Gasteiger partial charge in [0, 0.05) is 11.6 Å². The van der Waals surface area contributed by atoms with E-state index in [1.165, 1.54) is 6.07 Å². The molecule has 2 rings (SSSR count). The van der Waals surface area contributed by atoms with Crippen LogP contribution in [0.15, 0.2) is 29.1 Å². The summed E-state index contributed by atoms with van der Waals surface area (Å²) in [6, 6.07) is 4.12. The number of aromatic nitrogens is 2. The molecule has 0 aliphatic heterocycles. The fourth-order valence-corrected chi connectivity index (χ4v) is 1.29. The Morgan fingerprint density at radius 2 is 1.94 bits per heavy atom. The number of aromatic amines is 1. The molecule has 0 bridgehead atoms. The molecule has 0 aliphatic carbocycles. The second-order valence-electron chi connectivity index (χ2n) is 3.15. The van der Waals surface area contributed by atoms with E-state index in [0.717, 1.165) is 18.2 Å². The molecule has 0 radical (unpaired) electrons. The third-order valence-electron chi connectivity index (χ3n) is 1.88. The van der Waals surface area contributed by atoms with E-state index in [9.17, 15) is 14.3 Å². The maximum atomic E-state index is 13.0. The van der Waals surface area contributed by atoms with Crippen LogP contribution in [-0.4, -0.2) is 20.2 Å². The summed E-state index contributed by atoms with van der Waals surface area (Å²) in [6.45, 7) is 0. The molecule has 0 fully saturated rings. The van der Waals surface area contributed by atoms with Gasteiger partial charge in [-0.2, -0.15) is 4.98 Å². The van der Waals surface area contributed by atoms with Crippen molar-refractivity contribution in [1.29, 1.82) is 0 Å². The Labute approximate surface area is 88.8 Å². The van der Waals surface area contributed by atoms with Gasteiger partial charge in [0.15, 0.2) is 0 Å². The standard InChI is InChI=1S/C10H7FN2O3/c11-6-1-5(2-7(14)3-6)10-12-8(15)4-9(16)13-10/h1-4,14H,(H2,12,13,15,16). The second-order valence-corrected chi connectivity index (χ2v) is 3.15. The van der Waals surface area contributed by atoms with E-state index in [2.05, 4.69) is 9.97 Å². The highest BCUT2D eigenvalue weighted by Crippen LogP contribution is 2.22. The summed E-state index contributed by atoms with van der Waals surface area (Å²) < 4.78 is 13.0. The van der Waals surface area contributed by atoms with E-state index in [1.54, 1.807) is 0 Å². The molecule has 1 aromatic heterocycles. The zero-order valence-electron chi connectivity index (χ0n) is 7.94. The van der Waals surface area contributed by atoms with Gasteiger partial charge < -0.3 is 15.2 Å². The number of halogens is 1. The molecule has 3 N–H and O–H groups in total. The van der Waals surface area contributed by atoms with E-state index in [0.29, 0.717) is 0 Å². The molecule has 0 aliphatic rings. The first-order valence-electron chi connectivity index (χ1n) is 4.35. The van der Waals surface area contributed by atoms with Crippen molar-refractivity contribution in [3.05, 3.63) is 40.4 Å². The van der Waals surface area contributed by atoms with Crippen LogP contribution in [0.4, 0.5) is 4.39 Å². The second kappa shape index (κ2) is 3.65. The van der Waals surface area contributed by atoms with E-state index in [4.69, 9.17) is 5.11 Å². The van der Waals surface area contributed by atoms with Gasteiger partial charge in [-0.05, 0) is 12.1 Å². The monoisotopic (exact) mass is 222 g/mol. The van der Waals surface area contributed by atoms with Crippen molar-refractivity contribution in [1.82, 2.24) is 9.97 Å². The van der Waals surface area contributed by atoms with Crippen molar-refractivity contribution in [2.24, 2.45) is 0 Å². The number of nitrogens with zero attached hydrogens (tertiary/aromatic N) is 1. The molecule has 16 heavy (non-hydrogen) atoms. The van der Waals surface area contributed by atoms with Crippen LogP contribution in [0.2, 0.25) is 0 Å². The molecule has 1 heterocycles. The molecule has 0 spiro atoms. The Morgan fingerprint density at radius 1 is 1.19 bits per heavy atom. The Balaban J connectivity index is 2.62. The molecule has 2 aromatic rings. The zero-order valence-corrected chi connectivity index (χ0v) is 7.94. The van der Waals surface area contributed by atoms with Gasteiger partial charge in [0.05, 0.1) is 6.07 Å². The van der Waals surface area contributed by atoms with E-state index >= 15 is 0 Å². The van der Waals surface area contributed by atoms with Crippen molar-refractivity contribution < 1.29 is 14.6 Å². The Kier molecular flexibility index (Phi) is 2.32. The molecule has 82 valence electrons. The summed E-state index contributed by atoms with van der Waals surface area (Å²) in [4.78, 5) is 17.0. The van der Waals surface area contributed by atoms with Gasteiger partial charge in [-0.25, -0.2) is 4.39 Å². The number of hydrogen-bond donors (Lipinski definition) is 3. The lowest BCUT2D eigenvalue weighted by atomic mass is 10.2. The number of rotatable bonds is 1. The van der Waals surface area contributed by atoms with Crippen LogP contribution in [0.3, 0.4) is 0 Å². The first kappa shape index (κ1) is 10.2. The molecule has 0 amide bonds. The lowest BCUT2D eigenvalue weighted by Crippen LogP contribution is -2.06. The molecule has 0 saturated carbocycles. The number of H-pyrrole nitrogens is 1. The minimum Gasteiger partial charge on any atom is -0.508 e. The lowest BCUT2D eigenvalue weighted by Gasteiger charge is -2.02. The van der Waals surface area contributed by atoms with Gasteiger partial charge in [-0.1, -0.05) is 0 Å². The highest BCUT2D eigenvalue weighted by molar-refractivity contribution is 5.57.